The number of rotatable bonds is 8. The van der Waals surface area contributed by atoms with Crippen LogP contribution in [0.25, 0.3) is 11.3 Å². The van der Waals surface area contributed by atoms with Crippen LogP contribution in [0.5, 0.6) is 0 Å². The Hall–Kier alpha value is -3.25. The van der Waals surface area contributed by atoms with Crippen LogP contribution in [0.3, 0.4) is 0 Å². The Bertz CT molecular complexity index is 1140. The lowest BCUT2D eigenvalue weighted by Gasteiger charge is -2.32. The predicted molar refractivity (Wildman–Crippen MR) is 143 cm³/mol. The molecule has 1 unspecified atom stereocenters. The van der Waals surface area contributed by atoms with Crippen LogP contribution in [-0.2, 0) is 11.2 Å². The van der Waals surface area contributed by atoms with Crippen molar-refractivity contribution in [1.82, 2.24) is 4.98 Å². The maximum atomic E-state index is 13.2. The van der Waals surface area contributed by atoms with E-state index in [9.17, 15) is 4.79 Å². The Morgan fingerprint density at radius 1 is 1.06 bits per heavy atom. The molecular weight excluding hydrogens is 440 g/mol. The minimum atomic E-state index is -0.879. The average Bonchev–Trinajstić information content (AvgIpc) is 2.80. The summed E-state index contributed by atoms with van der Waals surface area (Å²) in [6, 6.07) is 22.5. The number of nitrogens with two attached hydrogens (primary N) is 1. The zero-order valence-corrected chi connectivity index (χ0v) is 21.0. The van der Waals surface area contributed by atoms with Gasteiger partial charge in [0.1, 0.15) is 0 Å². The van der Waals surface area contributed by atoms with Crippen molar-refractivity contribution in [1.29, 1.82) is 5.41 Å². The van der Waals surface area contributed by atoms with Gasteiger partial charge in [-0.05, 0) is 46.9 Å². The molecule has 6 heteroatoms. The molecule has 0 spiro atoms. The molecule has 1 amide bonds. The van der Waals surface area contributed by atoms with Gasteiger partial charge in [0, 0.05) is 17.7 Å². The van der Waals surface area contributed by atoms with E-state index in [1.54, 1.807) is 0 Å². The van der Waals surface area contributed by atoms with Crippen LogP contribution in [0.4, 0.5) is 0 Å². The fraction of sp³-hybridized carbons (Fsp3) is 0.286. The van der Waals surface area contributed by atoms with E-state index in [1.807, 2.05) is 62.5 Å². The topological polar surface area (TPSA) is 92.2 Å². The van der Waals surface area contributed by atoms with E-state index >= 15 is 0 Å². The molecule has 3 rings (SSSR count). The number of thioether (sulfide) groups is 1. The third kappa shape index (κ3) is 6.20. The van der Waals surface area contributed by atoms with E-state index in [4.69, 9.17) is 16.1 Å². The maximum absolute atomic E-state index is 13.2. The number of hydrogen-bond acceptors (Lipinski definition) is 4. The van der Waals surface area contributed by atoms with Gasteiger partial charge in [0.25, 0.3) is 5.91 Å². The molecule has 0 aliphatic rings. The van der Waals surface area contributed by atoms with Crippen LogP contribution >= 0.6 is 11.8 Å². The van der Waals surface area contributed by atoms with Gasteiger partial charge in [-0.3, -0.25) is 9.78 Å². The van der Waals surface area contributed by atoms with Crippen molar-refractivity contribution in [2.24, 2.45) is 22.1 Å². The Morgan fingerprint density at radius 2 is 1.74 bits per heavy atom. The normalized spacial score (nSPS) is 13.0. The molecule has 3 aromatic rings. The van der Waals surface area contributed by atoms with Crippen molar-refractivity contribution in [3.63, 3.8) is 0 Å². The number of amides is 1. The van der Waals surface area contributed by atoms with Crippen LogP contribution in [0.15, 0.2) is 77.9 Å². The van der Waals surface area contributed by atoms with E-state index in [1.165, 1.54) is 5.56 Å². The number of carbonyl (C=O) groups is 1. The number of benzene rings is 2. The highest BCUT2D eigenvalue weighted by molar-refractivity contribution is 8.24. The monoisotopic (exact) mass is 472 g/mol. The summed E-state index contributed by atoms with van der Waals surface area (Å²) in [5, 5.41) is 7.24. The van der Waals surface area contributed by atoms with E-state index in [0.29, 0.717) is 5.92 Å². The molecule has 0 saturated heterocycles. The summed E-state index contributed by atoms with van der Waals surface area (Å²) in [6.07, 6.45) is 2.91. The Kier molecular flexibility index (Phi) is 8.40. The van der Waals surface area contributed by atoms with Crippen LogP contribution in [0.2, 0.25) is 0 Å². The summed E-state index contributed by atoms with van der Waals surface area (Å²) in [7, 11) is 0. The van der Waals surface area contributed by atoms with Gasteiger partial charge in [0.15, 0.2) is 5.17 Å². The van der Waals surface area contributed by atoms with E-state index < -0.39 is 5.41 Å². The van der Waals surface area contributed by atoms with Gasteiger partial charge in [-0.2, -0.15) is 4.99 Å². The van der Waals surface area contributed by atoms with Gasteiger partial charge in [-0.25, -0.2) is 0 Å². The minimum Gasteiger partial charge on any atom is -0.378 e. The van der Waals surface area contributed by atoms with Crippen molar-refractivity contribution in [3.05, 3.63) is 89.6 Å². The molecule has 1 heterocycles. The Morgan fingerprint density at radius 3 is 2.29 bits per heavy atom. The number of aromatic nitrogens is 1. The number of nitrogens with zero attached hydrogens (tertiary/aromatic N) is 2. The zero-order valence-electron chi connectivity index (χ0n) is 20.2. The molecule has 0 bridgehead atoms. The largest absolute Gasteiger partial charge is 0.378 e. The fourth-order valence-electron chi connectivity index (χ4n) is 4.16. The maximum Gasteiger partial charge on any atom is 0.254 e. The second kappa shape index (κ2) is 11.3. The molecule has 0 saturated carbocycles. The lowest BCUT2D eigenvalue weighted by molar-refractivity contribution is -0.126. The van der Waals surface area contributed by atoms with Crippen LogP contribution < -0.4 is 5.73 Å². The van der Waals surface area contributed by atoms with Gasteiger partial charge in [0.05, 0.1) is 16.7 Å². The first kappa shape index (κ1) is 25.4. The van der Waals surface area contributed by atoms with Crippen molar-refractivity contribution in [3.8, 4) is 11.3 Å². The van der Waals surface area contributed by atoms with Crippen molar-refractivity contribution in [2.75, 3.05) is 0 Å². The van der Waals surface area contributed by atoms with Crippen LogP contribution in [0, 0.1) is 16.7 Å². The third-order valence-corrected chi connectivity index (χ3v) is 6.26. The molecule has 34 heavy (non-hydrogen) atoms. The second-order valence-corrected chi connectivity index (χ2v) is 10.2. The molecule has 0 radical (unpaired) electrons. The third-order valence-electron chi connectivity index (χ3n) is 5.81. The van der Waals surface area contributed by atoms with Gasteiger partial charge in [-0.1, -0.05) is 88.4 Å². The highest BCUT2D eigenvalue weighted by Gasteiger charge is 2.39. The number of pyridine rings is 1. The molecule has 2 aromatic carbocycles. The van der Waals surface area contributed by atoms with E-state index in [2.05, 4.69) is 43.1 Å². The zero-order chi connectivity index (χ0) is 24.7. The molecule has 1 aromatic heterocycles. The van der Waals surface area contributed by atoms with Crippen molar-refractivity contribution >= 4 is 28.4 Å². The van der Waals surface area contributed by atoms with Crippen LogP contribution in [0.1, 0.15) is 50.3 Å². The van der Waals surface area contributed by atoms with Crippen molar-refractivity contribution in [2.45, 2.75) is 40.0 Å². The summed E-state index contributed by atoms with van der Waals surface area (Å²) in [5.41, 5.74) is 11.2. The minimum absolute atomic E-state index is 0.0641. The van der Waals surface area contributed by atoms with Gasteiger partial charge in [-0.15, -0.1) is 0 Å². The quantitative estimate of drug-likeness (QED) is 0.298. The predicted octanol–water partition coefficient (Wildman–Crippen LogP) is 6.29. The second-order valence-electron chi connectivity index (χ2n) is 9.33. The summed E-state index contributed by atoms with van der Waals surface area (Å²) in [6.45, 7) is 8.19. The lowest BCUT2D eigenvalue weighted by Crippen LogP contribution is -2.32. The molecule has 0 aliphatic heterocycles. The van der Waals surface area contributed by atoms with Crippen LogP contribution in [-0.4, -0.2) is 21.6 Å². The first-order chi connectivity index (χ1) is 16.2. The number of amidine groups is 1. The molecule has 0 fully saturated rings. The Labute approximate surface area is 206 Å². The summed E-state index contributed by atoms with van der Waals surface area (Å²) < 4.78 is 0. The SMILES string of the molecule is CC(C)Cc1ccc(-c2ccc(C(c3ccccc3)C(C)(C)C(=O)N=C(N)SC=N)cn2)cc1. The molecule has 176 valence electrons. The Balaban J connectivity index is 1.95. The molecular formula is C28H32N4OS. The highest BCUT2D eigenvalue weighted by Crippen LogP contribution is 2.42. The summed E-state index contributed by atoms with van der Waals surface area (Å²) in [5.74, 6) is 0.0170. The first-order valence-electron chi connectivity index (χ1n) is 11.4. The molecule has 5 nitrogen and oxygen atoms in total. The van der Waals surface area contributed by atoms with E-state index in [0.717, 1.165) is 46.1 Å². The smallest absolute Gasteiger partial charge is 0.254 e. The number of carbonyl (C=O) groups excluding carboxylic acids is 1. The molecule has 0 aliphatic carbocycles. The lowest BCUT2D eigenvalue weighted by atomic mass is 9.71. The summed E-state index contributed by atoms with van der Waals surface area (Å²) in [4.78, 5) is 22.0. The number of nitrogens with one attached hydrogen (secondary N) is 1. The van der Waals surface area contributed by atoms with Gasteiger partial charge in [0.2, 0.25) is 0 Å². The first-order valence-corrected chi connectivity index (χ1v) is 12.2. The van der Waals surface area contributed by atoms with E-state index in [-0.39, 0.29) is 17.0 Å². The van der Waals surface area contributed by atoms with Gasteiger partial charge < -0.3 is 11.1 Å². The molecule has 1 atom stereocenters. The standard InChI is InChI=1S/C28H32N4OS/c1-19(2)16-20-10-12-21(13-11-20)24-15-14-23(17-31-24)25(22-8-6-5-7-9-22)28(3,4)26(33)32-27(30)34-18-29/h5-15,17-19,25,29H,16H2,1-4H3,(H2,30,32,33). The number of hydrogen-bond donors (Lipinski definition) is 2. The highest BCUT2D eigenvalue weighted by atomic mass is 32.2. The number of aliphatic imine (C=N–C) groups is 1. The average molecular weight is 473 g/mol. The summed E-state index contributed by atoms with van der Waals surface area (Å²) >= 11 is 0.919. The fourth-order valence-corrected chi connectivity index (χ4v) is 4.41. The van der Waals surface area contributed by atoms with Crippen molar-refractivity contribution < 1.29 is 4.79 Å². The molecule has 3 N–H and O–H groups in total. The van der Waals surface area contributed by atoms with Gasteiger partial charge >= 0.3 is 0 Å².